The zero-order valence-corrected chi connectivity index (χ0v) is 15.3. The Hall–Kier alpha value is -0.550. The summed E-state index contributed by atoms with van der Waals surface area (Å²) in [7, 11) is 0. The predicted octanol–water partition coefficient (Wildman–Crippen LogP) is 5.10. The number of nitrogens with zero attached hydrogens (tertiary/aromatic N) is 2. The van der Waals surface area contributed by atoms with Gasteiger partial charge in [0.2, 0.25) is 0 Å². The summed E-state index contributed by atoms with van der Waals surface area (Å²) in [4.78, 5) is 2.61. The molecule has 1 aliphatic rings. The highest BCUT2D eigenvalue weighted by Crippen LogP contribution is 2.43. The van der Waals surface area contributed by atoms with Gasteiger partial charge in [0.05, 0.1) is 12.0 Å². The van der Waals surface area contributed by atoms with E-state index in [1.54, 1.807) is 0 Å². The van der Waals surface area contributed by atoms with Gasteiger partial charge in [0.15, 0.2) is 0 Å². The monoisotopic (exact) mass is 292 g/mol. The lowest BCUT2D eigenvalue weighted by Gasteiger charge is -2.47. The van der Waals surface area contributed by atoms with Crippen molar-refractivity contribution in [1.82, 2.24) is 4.90 Å². The third-order valence-electron chi connectivity index (χ3n) is 5.66. The molecule has 3 unspecified atom stereocenters. The molecule has 0 aliphatic heterocycles. The van der Waals surface area contributed by atoms with Crippen molar-refractivity contribution in [2.75, 3.05) is 6.54 Å². The van der Waals surface area contributed by atoms with E-state index in [0.29, 0.717) is 23.4 Å². The zero-order valence-electron chi connectivity index (χ0n) is 15.3. The molecule has 2 heteroatoms. The lowest BCUT2D eigenvalue weighted by atomic mass is 9.65. The molecule has 2 nitrogen and oxygen atoms in total. The maximum Gasteiger partial charge on any atom is 0.0672 e. The van der Waals surface area contributed by atoms with Gasteiger partial charge in [0.25, 0.3) is 0 Å². The van der Waals surface area contributed by atoms with E-state index in [1.807, 2.05) is 0 Å². The van der Waals surface area contributed by atoms with Crippen LogP contribution in [0.2, 0.25) is 0 Å². The molecule has 0 aromatic rings. The average Bonchev–Trinajstić information content (AvgIpc) is 2.43. The van der Waals surface area contributed by atoms with Crippen LogP contribution in [-0.2, 0) is 0 Å². The van der Waals surface area contributed by atoms with E-state index in [1.165, 1.54) is 19.3 Å². The van der Waals surface area contributed by atoms with Crippen molar-refractivity contribution in [2.24, 2.45) is 23.2 Å². The molecule has 1 saturated carbocycles. The molecule has 122 valence electrons. The van der Waals surface area contributed by atoms with Crippen molar-refractivity contribution < 1.29 is 0 Å². The van der Waals surface area contributed by atoms with E-state index in [4.69, 9.17) is 0 Å². The van der Waals surface area contributed by atoms with Crippen LogP contribution in [-0.4, -0.2) is 23.5 Å². The van der Waals surface area contributed by atoms with Gasteiger partial charge in [-0.2, -0.15) is 5.26 Å². The van der Waals surface area contributed by atoms with Crippen molar-refractivity contribution in [1.29, 1.82) is 5.26 Å². The highest BCUT2D eigenvalue weighted by Gasteiger charge is 2.40. The lowest BCUT2D eigenvalue weighted by Crippen LogP contribution is -2.50. The first kappa shape index (κ1) is 18.5. The molecular formula is C19H36N2. The predicted molar refractivity (Wildman–Crippen MR) is 91.0 cm³/mol. The topological polar surface area (TPSA) is 27.0 Å². The first-order chi connectivity index (χ1) is 9.72. The highest BCUT2D eigenvalue weighted by molar-refractivity contribution is 5.00. The van der Waals surface area contributed by atoms with E-state index in [2.05, 4.69) is 59.4 Å². The standard InChI is InChI=1S/C19H36N2/c1-8-19(6,7)17-10-9-16(12-20)18(11-17)21(15(4)5)13-14(2)3/h14-18H,8-11,13H2,1-7H3. The van der Waals surface area contributed by atoms with Crippen LogP contribution in [0.5, 0.6) is 0 Å². The Bertz CT molecular complexity index is 351. The SMILES string of the molecule is CCC(C)(C)C1CCC(C#N)C(N(CC(C)C)C(C)C)C1. The van der Waals surface area contributed by atoms with E-state index in [9.17, 15) is 5.26 Å². The molecule has 0 aromatic carbocycles. The second-order valence-electron chi connectivity index (χ2n) is 8.34. The number of hydrogen-bond donors (Lipinski definition) is 0. The lowest BCUT2D eigenvalue weighted by molar-refractivity contribution is 0.0289. The summed E-state index contributed by atoms with van der Waals surface area (Å²) in [5, 5.41) is 9.60. The molecule has 0 saturated heterocycles. The molecule has 0 radical (unpaired) electrons. The highest BCUT2D eigenvalue weighted by atomic mass is 15.2. The Morgan fingerprint density at radius 2 is 1.81 bits per heavy atom. The van der Waals surface area contributed by atoms with Crippen LogP contribution in [0, 0.1) is 34.5 Å². The molecule has 0 bridgehead atoms. The summed E-state index contributed by atoms with van der Waals surface area (Å²) in [5.41, 5.74) is 0.402. The van der Waals surface area contributed by atoms with Gasteiger partial charge in [-0.25, -0.2) is 0 Å². The fourth-order valence-corrected chi connectivity index (χ4v) is 3.81. The summed E-state index contributed by atoms with van der Waals surface area (Å²) >= 11 is 0. The fourth-order valence-electron chi connectivity index (χ4n) is 3.81. The molecule has 0 heterocycles. The third-order valence-corrected chi connectivity index (χ3v) is 5.66. The zero-order chi connectivity index (χ0) is 16.2. The summed E-state index contributed by atoms with van der Waals surface area (Å²) in [6, 6.07) is 3.58. The molecule has 1 aliphatic carbocycles. The largest absolute Gasteiger partial charge is 0.296 e. The van der Waals surface area contributed by atoms with Crippen LogP contribution < -0.4 is 0 Å². The van der Waals surface area contributed by atoms with E-state index >= 15 is 0 Å². The molecule has 1 rings (SSSR count). The Labute approximate surface area is 132 Å². The normalized spacial score (nSPS) is 27.4. The average molecular weight is 293 g/mol. The second kappa shape index (κ2) is 7.63. The summed E-state index contributed by atoms with van der Waals surface area (Å²) in [6.45, 7) is 17.4. The first-order valence-corrected chi connectivity index (χ1v) is 8.88. The summed E-state index contributed by atoms with van der Waals surface area (Å²) in [5.74, 6) is 1.63. The molecule has 0 amide bonds. The Morgan fingerprint density at radius 3 is 2.24 bits per heavy atom. The fraction of sp³-hybridized carbons (Fsp3) is 0.947. The van der Waals surface area contributed by atoms with Gasteiger partial charge in [-0.15, -0.1) is 0 Å². The minimum Gasteiger partial charge on any atom is -0.296 e. The van der Waals surface area contributed by atoms with Gasteiger partial charge in [-0.1, -0.05) is 41.0 Å². The van der Waals surface area contributed by atoms with Crippen molar-refractivity contribution in [3.8, 4) is 6.07 Å². The van der Waals surface area contributed by atoms with Gasteiger partial charge in [-0.3, -0.25) is 4.90 Å². The molecule has 21 heavy (non-hydrogen) atoms. The van der Waals surface area contributed by atoms with Crippen LogP contribution >= 0.6 is 0 Å². The van der Waals surface area contributed by atoms with E-state index < -0.39 is 0 Å². The van der Waals surface area contributed by atoms with Crippen molar-refractivity contribution in [3.05, 3.63) is 0 Å². The smallest absolute Gasteiger partial charge is 0.0672 e. The minimum atomic E-state index is 0.218. The number of rotatable bonds is 6. The summed E-state index contributed by atoms with van der Waals surface area (Å²) in [6.07, 6.45) is 4.73. The van der Waals surface area contributed by atoms with Gasteiger partial charge in [0.1, 0.15) is 0 Å². The molecule has 0 spiro atoms. The summed E-state index contributed by atoms with van der Waals surface area (Å²) < 4.78 is 0. The molecule has 0 aromatic heterocycles. The van der Waals surface area contributed by atoms with Crippen LogP contribution in [0.25, 0.3) is 0 Å². The number of nitriles is 1. The second-order valence-corrected chi connectivity index (χ2v) is 8.34. The molecule has 3 atom stereocenters. The van der Waals surface area contributed by atoms with Crippen LogP contribution in [0.15, 0.2) is 0 Å². The maximum atomic E-state index is 9.60. The Morgan fingerprint density at radius 1 is 1.19 bits per heavy atom. The van der Waals surface area contributed by atoms with Crippen LogP contribution in [0.4, 0.5) is 0 Å². The van der Waals surface area contributed by atoms with Crippen molar-refractivity contribution in [2.45, 2.75) is 86.2 Å². The van der Waals surface area contributed by atoms with Crippen molar-refractivity contribution >= 4 is 0 Å². The molecular weight excluding hydrogens is 256 g/mol. The number of hydrogen-bond acceptors (Lipinski definition) is 2. The Kier molecular flexibility index (Phi) is 6.72. The minimum absolute atomic E-state index is 0.218. The van der Waals surface area contributed by atoms with Gasteiger partial charge in [-0.05, 0) is 50.4 Å². The first-order valence-electron chi connectivity index (χ1n) is 8.88. The van der Waals surface area contributed by atoms with Gasteiger partial charge < -0.3 is 0 Å². The van der Waals surface area contributed by atoms with Crippen LogP contribution in [0.3, 0.4) is 0 Å². The molecule has 0 N–H and O–H groups in total. The van der Waals surface area contributed by atoms with E-state index in [-0.39, 0.29) is 5.92 Å². The quantitative estimate of drug-likeness (QED) is 0.681. The third kappa shape index (κ3) is 4.71. The molecule has 1 fully saturated rings. The van der Waals surface area contributed by atoms with Gasteiger partial charge in [0, 0.05) is 18.6 Å². The van der Waals surface area contributed by atoms with Crippen LogP contribution in [0.1, 0.15) is 74.1 Å². The maximum absolute atomic E-state index is 9.60. The van der Waals surface area contributed by atoms with Gasteiger partial charge >= 0.3 is 0 Å². The van der Waals surface area contributed by atoms with Crippen molar-refractivity contribution in [3.63, 3.8) is 0 Å². The van der Waals surface area contributed by atoms with E-state index in [0.717, 1.165) is 18.9 Å². The Balaban J connectivity index is 2.94.